The summed E-state index contributed by atoms with van der Waals surface area (Å²) in [6, 6.07) is 2.87. The molecule has 1 aromatic carbocycles. The van der Waals surface area contributed by atoms with E-state index in [0.29, 0.717) is 5.56 Å². The fourth-order valence-corrected chi connectivity index (χ4v) is 1.63. The highest BCUT2D eigenvalue weighted by Crippen LogP contribution is 2.29. The minimum absolute atomic E-state index is 0.122. The van der Waals surface area contributed by atoms with Gasteiger partial charge in [0.25, 0.3) is 5.69 Å². The van der Waals surface area contributed by atoms with E-state index in [0.717, 1.165) is 0 Å². The number of nitrogens with two attached hydrogens (primary N) is 1. The molecule has 0 unspecified atom stereocenters. The zero-order valence-electron chi connectivity index (χ0n) is 7.28. The van der Waals surface area contributed by atoms with Gasteiger partial charge >= 0.3 is 0 Å². The van der Waals surface area contributed by atoms with Crippen molar-refractivity contribution in [1.29, 1.82) is 0 Å². The molecule has 0 saturated carbocycles. The normalized spacial score (nSPS) is 9.86. The lowest BCUT2D eigenvalue weighted by molar-refractivity contribution is -0.385. The molecule has 1 rings (SSSR count). The number of hydrogen-bond donors (Lipinski definition) is 1. The van der Waals surface area contributed by atoms with E-state index in [2.05, 4.69) is 15.9 Å². The smallest absolute Gasteiger partial charge is 0.284 e. The summed E-state index contributed by atoms with van der Waals surface area (Å²) in [6.45, 7) is 1.66. The van der Waals surface area contributed by atoms with Gasteiger partial charge in [-0.3, -0.25) is 14.9 Å². The van der Waals surface area contributed by atoms with Gasteiger partial charge in [0.05, 0.1) is 10.5 Å². The molecule has 0 heterocycles. The lowest BCUT2D eigenvalue weighted by Gasteiger charge is -2.02. The van der Waals surface area contributed by atoms with Gasteiger partial charge in [0.2, 0.25) is 5.91 Å². The maximum absolute atomic E-state index is 10.9. The van der Waals surface area contributed by atoms with Gasteiger partial charge in [-0.2, -0.15) is 0 Å². The zero-order chi connectivity index (χ0) is 10.9. The van der Waals surface area contributed by atoms with Gasteiger partial charge in [-0.1, -0.05) is 0 Å². The highest BCUT2D eigenvalue weighted by Gasteiger charge is 2.18. The number of halogens is 1. The van der Waals surface area contributed by atoms with Gasteiger partial charge in [0.1, 0.15) is 4.47 Å². The average Bonchev–Trinajstić information content (AvgIpc) is 2.07. The third-order valence-electron chi connectivity index (χ3n) is 1.66. The maximum Gasteiger partial charge on any atom is 0.284 e. The van der Waals surface area contributed by atoms with Crippen molar-refractivity contribution in [3.63, 3.8) is 0 Å². The third kappa shape index (κ3) is 1.90. The number of nitro groups is 1. The van der Waals surface area contributed by atoms with Crippen LogP contribution in [0.1, 0.15) is 15.9 Å². The average molecular weight is 259 g/mol. The second kappa shape index (κ2) is 3.75. The minimum atomic E-state index is -0.691. The Hall–Kier alpha value is -1.43. The molecule has 6 heteroatoms. The number of aryl methyl sites for hydroxylation is 1. The molecule has 14 heavy (non-hydrogen) atoms. The molecule has 0 aliphatic rings. The number of nitro benzene ring substituents is 1. The molecule has 1 aromatic rings. The van der Waals surface area contributed by atoms with Crippen molar-refractivity contribution < 1.29 is 9.72 Å². The first-order chi connectivity index (χ1) is 6.43. The van der Waals surface area contributed by atoms with Crippen LogP contribution in [0.2, 0.25) is 0 Å². The van der Waals surface area contributed by atoms with Crippen LogP contribution in [-0.2, 0) is 0 Å². The summed E-state index contributed by atoms with van der Waals surface area (Å²) < 4.78 is 0.126. The summed E-state index contributed by atoms with van der Waals surface area (Å²) in [7, 11) is 0. The van der Waals surface area contributed by atoms with E-state index in [9.17, 15) is 14.9 Å². The molecule has 0 aliphatic carbocycles. The summed E-state index contributed by atoms with van der Waals surface area (Å²) in [6.07, 6.45) is 0. The number of carbonyl (C=O) groups is 1. The SMILES string of the molecule is Cc1cc(C(N)=O)c(Br)c([N+](=O)[O-])c1. The van der Waals surface area contributed by atoms with Crippen molar-refractivity contribution >= 4 is 27.5 Å². The van der Waals surface area contributed by atoms with Crippen molar-refractivity contribution in [2.75, 3.05) is 0 Å². The van der Waals surface area contributed by atoms with Crippen LogP contribution >= 0.6 is 15.9 Å². The molecule has 0 bridgehead atoms. The summed E-state index contributed by atoms with van der Waals surface area (Å²) >= 11 is 2.97. The Labute approximate surface area is 88.2 Å². The Bertz CT molecular complexity index is 382. The second-order valence-corrected chi connectivity index (χ2v) is 3.56. The number of carbonyl (C=O) groups excluding carboxylic acids is 1. The molecular weight excluding hydrogens is 252 g/mol. The molecule has 2 N–H and O–H groups in total. The highest BCUT2D eigenvalue weighted by molar-refractivity contribution is 9.10. The van der Waals surface area contributed by atoms with Crippen LogP contribution in [0.15, 0.2) is 16.6 Å². The summed E-state index contributed by atoms with van der Waals surface area (Å²) in [4.78, 5) is 20.9. The van der Waals surface area contributed by atoms with Crippen LogP contribution in [0.25, 0.3) is 0 Å². The Morgan fingerprint density at radius 2 is 2.14 bits per heavy atom. The fourth-order valence-electron chi connectivity index (χ4n) is 1.06. The second-order valence-electron chi connectivity index (χ2n) is 2.77. The van der Waals surface area contributed by atoms with Crippen LogP contribution in [-0.4, -0.2) is 10.8 Å². The van der Waals surface area contributed by atoms with Crippen LogP contribution < -0.4 is 5.73 Å². The van der Waals surface area contributed by atoms with Gasteiger partial charge in [0.15, 0.2) is 0 Å². The molecule has 74 valence electrons. The van der Waals surface area contributed by atoms with Crippen molar-refractivity contribution in [3.05, 3.63) is 37.8 Å². The van der Waals surface area contributed by atoms with Gasteiger partial charge in [-0.25, -0.2) is 0 Å². The molecule has 0 aromatic heterocycles. The molecule has 1 amide bonds. The number of benzene rings is 1. The lowest BCUT2D eigenvalue weighted by Crippen LogP contribution is -2.12. The van der Waals surface area contributed by atoms with E-state index < -0.39 is 10.8 Å². The van der Waals surface area contributed by atoms with E-state index >= 15 is 0 Å². The van der Waals surface area contributed by atoms with Gasteiger partial charge in [-0.05, 0) is 34.5 Å². The number of primary amides is 1. The van der Waals surface area contributed by atoms with Crippen LogP contribution in [0.3, 0.4) is 0 Å². The zero-order valence-corrected chi connectivity index (χ0v) is 8.87. The molecule has 0 radical (unpaired) electrons. The predicted molar refractivity (Wildman–Crippen MR) is 54.1 cm³/mol. The monoisotopic (exact) mass is 258 g/mol. The number of hydrogen-bond acceptors (Lipinski definition) is 3. The Balaban J connectivity index is 3.47. The first-order valence-corrected chi connectivity index (χ1v) is 4.47. The van der Waals surface area contributed by atoms with Gasteiger partial charge in [-0.15, -0.1) is 0 Å². The molecule has 0 spiro atoms. The number of nitrogens with zero attached hydrogens (tertiary/aromatic N) is 1. The third-order valence-corrected chi connectivity index (χ3v) is 2.49. The molecule has 0 saturated heterocycles. The minimum Gasteiger partial charge on any atom is -0.366 e. The Kier molecular flexibility index (Phi) is 2.85. The van der Waals surface area contributed by atoms with Crippen LogP contribution in [0.4, 0.5) is 5.69 Å². The van der Waals surface area contributed by atoms with Crippen molar-refractivity contribution in [2.45, 2.75) is 6.92 Å². The predicted octanol–water partition coefficient (Wildman–Crippen LogP) is 1.76. The quantitative estimate of drug-likeness (QED) is 0.648. The summed E-state index contributed by atoms with van der Waals surface area (Å²) in [5, 5.41) is 10.6. The number of amides is 1. The van der Waals surface area contributed by atoms with Gasteiger partial charge < -0.3 is 5.73 Å². The molecule has 0 atom stereocenters. The van der Waals surface area contributed by atoms with E-state index in [4.69, 9.17) is 5.73 Å². The standard InChI is InChI=1S/C8H7BrN2O3/c1-4-2-5(8(10)12)7(9)6(3-4)11(13)14/h2-3H,1H3,(H2,10,12). The fraction of sp³-hybridized carbons (Fsp3) is 0.125. The van der Waals surface area contributed by atoms with Crippen molar-refractivity contribution in [2.24, 2.45) is 5.73 Å². The first kappa shape index (κ1) is 10.6. The first-order valence-electron chi connectivity index (χ1n) is 3.68. The number of rotatable bonds is 2. The van der Waals surface area contributed by atoms with E-state index in [1.807, 2.05) is 0 Å². The van der Waals surface area contributed by atoms with Crippen LogP contribution in [0, 0.1) is 17.0 Å². The summed E-state index contributed by atoms with van der Waals surface area (Å²) in [5.74, 6) is -0.691. The van der Waals surface area contributed by atoms with Crippen molar-refractivity contribution in [1.82, 2.24) is 0 Å². The molecule has 5 nitrogen and oxygen atoms in total. The molecular formula is C8H7BrN2O3. The lowest BCUT2D eigenvalue weighted by atomic mass is 10.1. The van der Waals surface area contributed by atoms with E-state index in [1.165, 1.54) is 12.1 Å². The van der Waals surface area contributed by atoms with Crippen molar-refractivity contribution in [3.8, 4) is 0 Å². The summed E-state index contributed by atoms with van der Waals surface area (Å²) in [5.41, 5.74) is 5.65. The van der Waals surface area contributed by atoms with E-state index in [-0.39, 0.29) is 15.7 Å². The van der Waals surface area contributed by atoms with E-state index in [1.54, 1.807) is 6.92 Å². The largest absolute Gasteiger partial charge is 0.366 e. The Morgan fingerprint density at radius 1 is 1.57 bits per heavy atom. The molecule has 0 fully saturated rings. The highest BCUT2D eigenvalue weighted by atomic mass is 79.9. The van der Waals surface area contributed by atoms with Crippen LogP contribution in [0.5, 0.6) is 0 Å². The Morgan fingerprint density at radius 3 is 2.57 bits per heavy atom. The van der Waals surface area contributed by atoms with Gasteiger partial charge in [0, 0.05) is 6.07 Å². The maximum atomic E-state index is 10.9. The topological polar surface area (TPSA) is 86.2 Å². The molecule has 0 aliphatic heterocycles.